The van der Waals surface area contributed by atoms with E-state index in [1.54, 1.807) is 25.5 Å². The van der Waals surface area contributed by atoms with Crippen molar-refractivity contribution in [3.8, 4) is 0 Å². The van der Waals surface area contributed by atoms with E-state index in [-0.39, 0.29) is 11.6 Å². The summed E-state index contributed by atoms with van der Waals surface area (Å²) in [6, 6.07) is 0. The van der Waals surface area contributed by atoms with Crippen LogP contribution in [0.3, 0.4) is 0 Å². The predicted octanol–water partition coefficient (Wildman–Crippen LogP) is 1.74. The molecule has 0 saturated heterocycles. The number of esters is 1. The lowest BCUT2D eigenvalue weighted by molar-refractivity contribution is 0.0517. The molecule has 1 aromatic heterocycles. The summed E-state index contributed by atoms with van der Waals surface area (Å²) in [5, 5.41) is 17.7. The maximum Gasteiger partial charge on any atom is 0.360 e. The fourth-order valence-corrected chi connectivity index (χ4v) is 1.78. The summed E-state index contributed by atoms with van der Waals surface area (Å²) in [5.74, 6) is -0.336. The number of nitrogens with zero attached hydrogens (tertiary/aromatic N) is 3. The average molecular weight is 269 g/mol. The van der Waals surface area contributed by atoms with Crippen LogP contribution in [0.2, 0.25) is 0 Å². The van der Waals surface area contributed by atoms with Crippen molar-refractivity contribution in [3.05, 3.63) is 11.4 Å². The number of hydrogen-bond donors (Lipinski definition) is 1. The van der Waals surface area contributed by atoms with Crippen LogP contribution in [-0.2, 0) is 11.3 Å². The van der Waals surface area contributed by atoms with Gasteiger partial charge >= 0.3 is 5.97 Å². The first-order valence-electron chi connectivity index (χ1n) is 6.59. The van der Waals surface area contributed by atoms with Gasteiger partial charge in [-0.15, -0.1) is 5.10 Å². The van der Waals surface area contributed by atoms with Gasteiger partial charge in [0, 0.05) is 6.54 Å². The van der Waals surface area contributed by atoms with Crippen molar-refractivity contribution in [3.63, 3.8) is 0 Å². The topological polar surface area (TPSA) is 77.2 Å². The molecule has 0 radical (unpaired) electrons. The molecule has 6 heteroatoms. The number of carbonyl (C=O) groups is 1. The summed E-state index contributed by atoms with van der Waals surface area (Å²) in [6.45, 7) is 10.0. The standard InChI is InChI=1S/C13H23N3O3/c1-6-19-12(17)10-11(9(2)3)16(15-14-10)8-7-13(4,5)18/h9,18H,6-8H2,1-5H3. The molecule has 19 heavy (non-hydrogen) atoms. The Morgan fingerprint density at radius 1 is 1.47 bits per heavy atom. The molecule has 0 aromatic carbocycles. The third-order valence-corrected chi connectivity index (χ3v) is 2.72. The van der Waals surface area contributed by atoms with Crippen LogP contribution in [0.5, 0.6) is 0 Å². The predicted molar refractivity (Wildman–Crippen MR) is 71.0 cm³/mol. The molecule has 0 aliphatic heterocycles. The monoisotopic (exact) mass is 269 g/mol. The third kappa shape index (κ3) is 4.31. The van der Waals surface area contributed by atoms with Crippen LogP contribution in [0.1, 0.15) is 63.1 Å². The molecule has 0 bridgehead atoms. The molecule has 6 nitrogen and oxygen atoms in total. The average Bonchev–Trinajstić information content (AvgIpc) is 2.69. The zero-order chi connectivity index (χ0) is 14.6. The normalized spacial score (nSPS) is 11.9. The fourth-order valence-electron chi connectivity index (χ4n) is 1.78. The number of rotatable bonds is 6. The van der Waals surface area contributed by atoms with Gasteiger partial charge in [0.05, 0.1) is 17.9 Å². The summed E-state index contributed by atoms with van der Waals surface area (Å²) in [7, 11) is 0. The molecule has 1 N–H and O–H groups in total. The lowest BCUT2D eigenvalue weighted by Crippen LogP contribution is -2.22. The molecule has 0 atom stereocenters. The molecule has 0 fully saturated rings. The van der Waals surface area contributed by atoms with Gasteiger partial charge in [-0.25, -0.2) is 9.48 Å². The van der Waals surface area contributed by atoms with Crippen LogP contribution in [-0.4, -0.2) is 38.3 Å². The maximum absolute atomic E-state index is 11.8. The molecule has 0 aliphatic rings. The summed E-state index contributed by atoms with van der Waals surface area (Å²) < 4.78 is 6.65. The van der Waals surface area contributed by atoms with E-state index in [0.717, 1.165) is 5.69 Å². The number of aliphatic hydroxyl groups is 1. The van der Waals surface area contributed by atoms with Crippen LogP contribution in [0.4, 0.5) is 0 Å². The van der Waals surface area contributed by atoms with E-state index >= 15 is 0 Å². The number of hydrogen-bond acceptors (Lipinski definition) is 5. The van der Waals surface area contributed by atoms with E-state index in [1.165, 1.54) is 0 Å². The molecule has 1 aromatic rings. The first-order chi connectivity index (χ1) is 8.76. The molecule has 0 unspecified atom stereocenters. The van der Waals surface area contributed by atoms with Crippen molar-refractivity contribution in [1.29, 1.82) is 0 Å². The number of aromatic nitrogens is 3. The van der Waals surface area contributed by atoms with Gasteiger partial charge in [0.15, 0.2) is 5.69 Å². The van der Waals surface area contributed by atoms with Gasteiger partial charge < -0.3 is 9.84 Å². The highest BCUT2D eigenvalue weighted by Crippen LogP contribution is 2.20. The first-order valence-corrected chi connectivity index (χ1v) is 6.59. The molecule has 1 rings (SSSR count). The first kappa shape index (κ1) is 15.6. The zero-order valence-electron chi connectivity index (χ0n) is 12.3. The summed E-state index contributed by atoms with van der Waals surface area (Å²) in [6.07, 6.45) is 0.540. The molecule has 0 saturated carbocycles. The van der Waals surface area contributed by atoms with Gasteiger partial charge in [-0.05, 0) is 33.1 Å². The highest BCUT2D eigenvalue weighted by Gasteiger charge is 2.24. The Morgan fingerprint density at radius 2 is 2.11 bits per heavy atom. The van der Waals surface area contributed by atoms with Gasteiger partial charge in [0.2, 0.25) is 0 Å². The van der Waals surface area contributed by atoms with E-state index in [4.69, 9.17) is 4.74 Å². The highest BCUT2D eigenvalue weighted by molar-refractivity contribution is 5.88. The summed E-state index contributed by atoms with van der Waals surface area (Å²) in [4.78, 5) is 11.8. The quantitative estimate of drug-likeness (QED) is 0.796. The highest BCUT2D eigenvalue weighted by atomic mass is 16.5. The summed E-state index contributed by atoms with van der Waals surface area (Å²) in [5.41, 5.74) is 0.250. The largest absolute Gasteiger partial charge is 0.461 e. The van der Waals surface area contributed by atoms with Gasteiger partial charge in [-0.2, -0.15) is 0 Å². The van der Waals surface area contributed by atoms with Gasteiger partial charge in [-0.3, -0.25) is 0 Å². The van der Waals surface area contributed by atoms with E-state index in [0.29, 0.717) is 19.6 Å². The number of carbonyl (C=O) groups excluding carboxylic acids is 1. The van der Waals surface area contributed by atoms with Gasteiger partial charge in [0.25, 0.3) is 0 Å². The van der Waals surface area contributed by atoms with Crippen molar-refractivity contribution < 1.29 is 14.6 Å². The van der Waals surface area contributed by atoms with Crippen LogP contribution < -0.4 is 0 Å². The smallest absolute Gasteiger partial charge is 0.360 e. The lowest BCUT2D eigenvalue weighted by atomic mass is 10.0. The van der Waals surface area contributed by atoms with Crippen molar-refractivity contribution >= 4 is 5.97 Å². The molecule has 0 amide bonds. The van der Waals surface area contributed by atoms with Crippen LogP contribution >= 0.6 is 0 Å². The molecule has 0 spiro atoms. The van der Waals surface area contributed by atoms with Crippen LogP contribution in [0, 0.1) is 0 Å². The molecule has 108 valence electrons. The second-order valence-electron chi connectivity index (χ2n) is 5.48. The molecule has 1 heterocycles. The number of aryl methyl sites for hydroxylation is 1. The van der Waals surface area contributed by atoms with Gasteiger partial charge in [0.1, 0.15) is 0 Å². The summed E-state index contributed by atoms with van der Waals surface area (Å²) >= 11 is 0. The minimum Gasteiger partial charge on any atom is -0.461 e. The Labute approximate surface area is 113 Å². The Hall–Kier alpha value is -1.43. The Morgan fingerprint density at radius 3 is 2.58 bits per heavy atom. The second kappa shape index (κ2) is 6.14. The zero-order valence-corrected chi connectivity index (χ0v) is 12.3. The minimum absolute atomic E-state index is 0.108. The second-order valence-corrected chi connectivity index (χ2v) is 5.48. The van der Waals surface area contributed by atoms with Crippen LogP contribution in [0.15, 0.2) is 0 Å². The number of ether oxygens (including phenoxy) is 1. The fraction of sp³-hybridized carbons (Fsp3) is 0.769. The Bertz CT molecular complexity index is 433. The van der Waals surface area contributed by atoms with Crippen molar-refractivity contribution in [2.45, 2.75) is 59.1 Å². The van der Waals surface area contributed by atoms with E-state index in [1.807, 2.05) is 13.8 Å². The molecular weight excluding hydrogens is 246 g/mol. The maximum atomic E-state index is 11.8. The van der Waals surface area contributed by atoms with E-state index < -0.39 is 11.6 Å². The third-order valence-electron chi connectivity index (χ3n) is 2.72. The van der Waals surface area contributed by atoms with Crippen molar-refractivity contribution in [2.75, 3.05) is 6.61 Å². The van der Waals surface area contributed by atoms with Crippen molar-refractivity contribution in [1.82, 2.24) is 15.0 Å². The SMILES string of the molecule is CCOC(=O)c1nnn(CCC(C)(C)O)c1C(C)C. The van der Waals surface area contributed by atoms with E-state index in [9.17, 15) is 9.90 Å². The van der Waals surface area contributed by atoms with Crippen molar-refractivity contribution in [2.24, 2.45) is 0 Å². The van der Waals surface area contributed by atoms with E-state index in [2.05, 4.69) is 10.3 Å². The molecule has 0 aliphatic carbocycles. The lowest BCUT2D eigenvalue weighted by Gasteiger charge is -2.18. The Balaban J connectivity index is 2.97. The minimum atomic E-state index is -0.774. The molecular formula is C13H23N3O3. The van der Waals surface area contributed by atoms with Gasteiger partial charge in [-0.1, -0.05) is 19.1 Å². The Kier molecular flexibility index (Phi) is 5.05. The van der Waals surface area contributed by atoms with Crippen LogP contribution in [0.25, 0.3) is 0 Å².